The second-order valence-corrected chi connectivity index (χ2v) is 18.1. The first-order valence-corrected chi connectivity index (χ1v) is 21.1. The van der Waals surface area contributed by atoms with Crippen LogP contribution in [-0.4, -0.2) is 77.9 Å². The zero-order valence-electron chi connectivity index (χ0n) is 34.4. The lowest BCUT2D eigenvalue weighted by Gasteiger charge is -2.41. The van der Waals surface area contributed by atoms with E-state index in [4.69, 9.17) is 9.47 Å². The van der Waals surface area contributed by atoms with Crippen LogP contribution in [0.3, 0.4) is 0 Å². The van der Waals surface area contributed by atoms with Gasteiger partial charge in [0.2, 0.25) is 0 Å². The van der Waals surface area contributed by atoms with Crippen molar-refractivity contribution in [3.63, 3.8) is 0 Å². The molecular weight excluding hydrogens is 752 g/mol. The highest BCUT2D eigenvalue weighted by Gasteiger charge is 2.49. The van der Waals surface area contributed by atoms with E-state index in [0.717, 1.165) is 49.4 Å². The van der Waals surface area contributed by atoms with Gasteiger partial charge in [-0.15, -0.1) is 0 Å². The van der Waals surface area contributed by atoms with Crippen LogP contribution in [0, 0.1) is 53.3 Å². The van der Waals surface area contributed by atoms with Crippen LogP contribution in [-0.2, 0) is 9.47 Å². The van der Waals surface area contributed by atoms with E-state index in [1.807, 2.05) is 0 Å². The van der Waals surface area contributed by atoms with Crippen molar-refractivity contribution in [2.45, 2.75) is 205 Å². The monoisotopic (exact) mass is 835 g/mol. The van der Waals surface area contributed by atoms with Crippen molar-refractivity contribution in [1.29, 1.82) is 0 Å². The Morgan fingerprint density at radius 1 is 0.464 bits per heavy atom. The quantitative estimate of drug-likeness (QED) is 0.235. The lowest BCUT2D eigenvalue weighted by molar-refractivity contribution is -0.312. The highest BCUT2D eigenvalue weighted by atomic mass is 19.3. The topological polar surface area (TPSA) is 144 Å². The average Bonchev–Trinajstić information content (AvgIpc) is 3.14. The third-order valence-corrected chi connectivity index (χ3v) is 14.2. The van der Waals surface area contributed by atoms with Gasteiger partial charge in [0.25, 0.3) is 0 Å². The van der Waals surface area contributed by atoms with Crippen molar-refractivity contribution in [3.8, 4) is 0 Å². The summed E-state index contributed by atoms with van der Waals surface area (Å²) < 4.78 is 117. The van der Waals surface area contributed by atoms with Gasteiger partial charge in [-0.05, 0) is 150 Å². The third-order valence-electron chi connectivity index (χ3n) is 14.2. The zero-order chi connectivity index (χ0) is 38.0. The number of hydrogen-bond donors (Lipinski definition) is 0. The molecule has 0 heterocycles. The molecule has 6 aliphatic carbocycles. The van der Waals surface area contributed by atoms with Crippen LogP contribution in [0.25, 0.3) is 0 Å². The molecule has 0 saturated heterocycles. The fraction of sp³-hybridized carbons (Fsp3) is 1.00. The van der Waals surface area contributed by atoms with E-state index in [9.17, 15) is 35.1 Å². The number of hydrogen-bond acceptors (Lipinski definition) is 2. The predicted octanol–water partition coefficient (Wildman–Crippen LogP) is 10.6. The van der Waals surface area contributed by atoms with Gasteiger partial charge in [0, 0.05) is 2.85 Å². The van der Waals surface area contributed by atoms with Gasteiger partial charge in [-0.25, -0.2) is 26.3 Å². The van der Waals surface area contributed by atoms with Crippen molar-refractivity contribution in [2.75, 3.05) is 6.86 Å². The molecule has 6 saturated carbocycles. The first kappa shape index (κ1) is 55.2. The summed E-state index contributed by atoms with van der Waals surface area (Å²) in [4.78, 5) is 0. The van der Waals surface area contributed by atoms with Crippen LogP contribution in [0.4, 0.5) is 35.1 Å². The molecule has 8 N–H and O–H groups in total. The summed E-state index contributed by atoms with van der Waals surface area (Å²) >= 11 is 0. The van der Waals surface area contributed by atoms with Crippen molar-refractivity contribution in [1.82, 2.24) is 0 Å². The van der Waals surface area contributed by atoms with Crippen LogP contribution < -0.4 is 0 Å². The van der Waals surface area contributed by atoms with Gasteiger partial charge in [-0.1, -0.05) is 53.4 Å². The molecule has 6 rings (SSSR count). The molecule has 0 aromatic rings. The molecule has 56 heavy (non-hydrogen) atoms. The molecular formula is C42H82F8O6. The summed E-state index contributed by atoms with van der Waals surface area (Å²) in [7, 11) is 0. The Hall–Kier alpha value is -0.800. The Balaban J connectivity index is -0.000000818. The minimum atomic E-state index is -3.35. The molecule has 0 amide bonds. The molecule has 8 unspecified atom stereocenters. The highest BCUT2D eigenvalue weighted by molar-refractivity contribution is 4.90. The SMILES string of the molecule is CC1CCC(C2CCC(C(F)(F)OC3CCC(C)C(F)C3F)CC2)CC1.CC1CCC(C2CCC(OCF)CC2)CC1.CC1CCC(F)C(F)C1F.O.O.O.O.[HH].[HH]. The number of rotatable bonds is 7. The first-order chi connectivity index (χ1) is 24.7. The lowest BCUT2D eigenvalue weighted by atomic mass is 9.69. The van der Waals surface area contributed by atoms with Crippen LogP contribution in [0.2, 0.25) is 0 Å². The Kier molecular flexibility index (Phi) is 26.0. The summed E-state index contributed by atoms with van der Waals surface area (Å²) in [6, 6.07) is 0. The average molecular weight is 835 g/mol. The van der Waals surface area contributed by atoms with Crippen LogP contribution in [0.1, 0.15) is 159 Å². The smallest absolute Gasteiger partial charge is 0.358 e. The first-order valence-electron chi connectivity index (χ1n) is 21.1. The predicted molar refractivity (Wildman–Crippen MR) is 210 cm³/mol. The van der Waals surface area contributed by atoms with Crippen molar-refractivity contribution in [3.05, 3.63) is 0 Å². The third kappa shape index (κ3) is 16.0. The maximum Gasteiger partial charge on any atom is 0.358 e. The van der Waals surface area contributed by atoms with E-state index in [0.29, 0.717) is 37.5 Å². The number of ether oxygens (including phenoxy) is 2. The minimum Gasteiger partial charge on any atom is -0.412 e. The lowest BCUT2D eigenvalue weighted by Crippen LogP contribution is -2.47. The molecule has 0 spiro atoms. The van der Waals surface area contributed by atoms with Gasteiger partial charge in [0.1, 0.15) is 18.5 Å². The summed E-state index contributed by atoms with van der Waals surface area (Å²) in [6.07, 6.45) is 5.93. The molecule has 0 aromatic carbocycles. The van der Waals surface area contributed by atoms with Crippen molar-refractivity contribution < 1.29 is 69.4 Å². The second kappa shape index (κ2) is 26.4. The Bertz CT molecular complexity index is 987. The Morgan fingerprint density at radius 2 is 0.839 bits per heavy atom. The summed E-state index contributed by atoms with van der Waals surface area (Å²) in [5.41, 5.74) is 0. The van der Waals surface area contributed by atoms with Crippen LogP contribution in [0.15, 0.2) is 0 Å². The minimum absolute atomic E-state index is 0. The van der Waals surface area contributed by atoms with E-state index >= 15 is 0 Å². The normalized spacial score (nSPS) is 41.6. The molecule has 14 heteroatoms. The largest absolute Gasteiger partial charge is 0.412 e. The molecule has 0 radical (unpaired) electrons. The van der Waals surface area contributed by atoms with Crippen LogP contribution in [0.5, 0.6) is 0 Å². The molecule has 342 valence electrons. The second-order valence-electron chi connectivity index (χ2n) is 18.1. The molecule has 6 aliphatic rings. The maximum atomic E-state index is 14.6. The Morgan fingerprint density at radius 3 is 1.25 bits per heavy atom. The molecule has 0 aliphatic heterocycles. The van der Waals surface area contributed by atoms with E-state index in [-0.39, 0.29) is 49.6 Å². The van der Waals surface area contributed by atoms with Gasteiger partial charge < -0.3 is 31.4 Å². The fourth-order valence-electron chi connectivity index (χ4n) is 10.2. The summed E-state index contributed by atoms with van der Waals surface area (Å²) in [5, 5.41) is 0. The summed E-state index contributed by atoms with van der Waals surface area (Å²) in [5.74, 6) is 3.25. The highest BCUT2D eigenvalue weighted by Crippen LogP contribution is 2.47. The molecule has 8 atom stereocenters. The van der Waals surface area contributed by atoms with Gasteiger partial charge in [0.05, 0.1) is 18.1 Å². The van der Waals surface area contributed by atoms with Gasteiger partial charge >= 0.3 is 6.11 Å². The maximum absolute atomic E-state index is 14.6. The molecule has 6 fully saturated rings. The molecule has 6 nitrogen and oxygen atoms in total. The van der Waals surface area contributed by atoms with Gasteiger partial charge in [0.15, 0.2) is 19.2 Å². The fourth-order valence-corrected chi connectivity index (χ4v) is 10.2. The Labute approximate surface area is 334 Å². The van der Waals surface area contributed by atoms with Gasteiger partial charge in [-0.3, -0.25) is 0 Å². The standard InChI is InChI=1S/C21H34F4O.C14H25FO.C7H11F3.4H2O.2H2/c1-13-3-6-15(7-4-13)16-8-10-17(11-9-16)21(24,25)26-18-12-5-14(2)19(22)20(18)23;1-11-2-4-12(5-3-11)13-6-8-14(9-7-13)16-10-15;1-4-2-3-5(8)7(10)6(4)9;;;;;;/h13-20H,3-12H2,1-2H3;11-14H,2-10H2,1H3;4-7H,2-3H2,1H3;4*1H2;2*1H. The van der Waals surface area contributed by atoms with Crippen molar-refractivity contribution in [2.24, 2.45) is 53.3 Å². The van der Waals surface area contributed by atoms with E-state index < -0.39 is 61.8 Å². The summed E-state index contributed by atoms with van der Waals surface area (Å²) in [6.45, 7) is 7.30. The number of halogens is 8. The van der Waals surface area contributed by atoms with E-state index in [2.05, 4.69) is 13.8 Å². The number of alkyl halides is 8. The van der Waals surface area contributed by atoms with Crippen molar-refractivity contribution >= 4 is 0 Å². The van der Waals surface area contributed by atoms with E-state index in [1.54, 1.807) is 13.8 Å². The molecule has 0 bridgehead atoms. The van der Waals surface area contributed by atoms with E-state index in [1.165, 1.54) is 64.2 Å². The molecule has 0 aromatic heterocycles. The van der Waals surface area contributed by atoms with Crippen LogP contribution >= 0.6 is 0 Å². The van der Waals surface area contributed by atoms with Gasteiger partial charge in [-0.2, -0.15) is 8.78 Å². The zero-order valence-corrected chi connectivity index (χ0v) is 34.4.